The van der Waals surface area contributed by atoms with Gasteiger partial charge in [-0.2, -0.15) is 0 Å². The van der Waals surface area contributed by atoms with E-state index in [-0.39, 0.29) is 0 Å². The highest BCUT2D eigenvalue weighted by Crippen LogP contribution is 2.26. The van der Waals surface area contributed by atoms with E-state index in [0.717, 1.165) is 34.1 Å². The predicted octanol–water partition coefficient (Wildman–Crippen LogP) is 4.51. The number of anilines is 1. The van der Waals surface area contributed by atoms with Crippen LogP contribution in [0, 0.1) is 0 Å². The van der Waals surface area contributed by atoms with Crippen LogP contribution < -0.4 is 5.73 Å². The molecule has 2 nitrogen and oxygen atoms in total. The van der Waals surface area contributed by atoms with Gasteiger partial charge in [0.2, 0.25) is 0 Å². The molecular formula is C17H15ClN2. The number of hydrogen-bond donors (Lipinski definition) is 2. The maximum Gasteiger partial charge on any atom is 0.0534 e. The second-order valence-electron chi connectivity index (χ2n) is 4.79. The highest BCUT2D eigenvalue weighted by atomic mass is 35.5. The van der Waals surface area contributed by atoms with E-state index >= 15 is 0 Å². The van der Waals surface area contributed by atoms with Gasteiger partial charge in [0.1, 0.15) is 0 Å². The average Bonchev–Trinajstić information content (AvgIpc) is 2.82. The third-order valence-electron chi connectivity index (χ3n) is 3.31. The van der Waals surface area contributed by atoms with Crippen LogP contribution in [0.2, 0.25) is 5.02 Å². The van der Waals surface area contributed by atoms with Gasteiger partial charge in [0.15, 0.2) is 0 Å². The number of hydrogen-bond acceptors (Lipinski definition) is 1. The molecule has 0 fully saturated rings. The van der Waals surface area contributed by atoms with Crippen molar-refractivity contribution in [2.24, 2.45) is 0 Å². The summed E-state index contributed by atoms with van der Waals surface area (Å²) in [5.41, 5.74) is 11.3. The number of nitrogens with one attached hydrogen (secondary N) is 1. The third-order valence-corrected chi connectivity index (χ3v) is 3.56. The lowest BCUT2D eigenvalue weighted by Crippen LogP contribution is -1.93. The van der Waals surface area contributed by atoms with Crippen LogP contribution in [-0.4, -0.2) is 4.98 Å². The SMILES string of the molecule is Nc1cc(-c2ccc(Cl)cc2)[nH]c1Cc1ccccc1. The van der Waals surface area contributed by atoms with Crippen molar-refractivity contribution in [3.8, 4) is 11.3 Å². The van der Waals surface area contributed by atoms with Crippen LogP contribution >= 0.6 is 11.6 Å². The standard InChI is InChI=1S/C17H15ClN2/c18-14-8-6-13(7-9-14)16-11-15(19)17(20-16)10-12-4-2-1-3-5-12/h1-9,11,20H,10,19H2. The van der Waals surface area contributed by atoms with E-state index in [2.05, 4.69) is 17.1 Å². The van der Waals surface area contributed by atoms with Gasteiger partial charge in [-0.3, -0.25) is 0 Å². The molecule has 3 N–H and O–H groups in total. The summed E-state index contributed by atoms with van der Waals surface area (Å²) in [7, 11) is 0. The van der Waals surface area contributed by atoms with E-state index in [1.807, 2.05) is 48.5 Å². The van der Waals surface area contributed by atoms with Gasteiger partial charge in [-0.15, -0.1) is 0 Å². The molecule has 0 unspecified atom stereocenters. The quantitative estimate of drug-likeness (QED) is 0.729. The van der Waals surface area contributed by atoms with Gasteiger partial charge in [-0.25, -0.2) is 0 Å². The molecule has 0 saturated carbocycles. The van der Waals surface area contributed by atoms with Crippen molar-refractivity contribution in [2.75, 3.05) is 5.73 Å². The van der Waals surface area contributed by atoms with Gasteiger partial charge >= 0.3 is 0 Å². The van der Waals surface area contributed by atoms with Crippen molar-refractivity contribution in [1.29, 1.82) is 0 Å². The molecule has 3 heteroatoms. The monoisotopic (exact) mass is 282 g/mol. The number of aromatic nitrogens is 1. The summed E-state index contributed by atoms with van der Waals surface area (Å²) in [5, 5.41) is 0.734. The van der Waals surface area contributed by atoms with Crippen LogP contribution in [0.15, 0.2) is 60.7 Å². The summed E-state index contributed by atoms with van der Waals surface area (Å²) in [5.74, 6) is 0. The highest BCUT2D eigenvalue weighted by molar-refractivity contribution is 6.30. The van der Waals surface area contributed by atoms with Crippen molar-refractivity contribution >= 4 is 17.3 Å². The largest absolute Gasteiger partial charge is 0.397 e. The maximum absolute atomic E-state index is 6.10. The number of H-pyrrole nitrogens is 1. The number of aromatic amines is 1. The normalized spacial score (nSPS) is 10.7. The van der Waals surface area contributed by atoms with E-state index in [9.17, 15) is 0 Å². The molecule has 0 aliphatic heterocycles. The first-order valence-electron chi connectivity index (χ1n) is 6.49. The summed E-state index contributed by atoms with van der Waals surface area (Å²) in [6.45, 7) is 0. The van der Waals surface area contributed by atoms with Crippen LogP contribution in [-0.2, 0) is 6.42 Å². The molecule has 2 aromatic carbocycles. The van der Waals surface area contributed by atoms with Crippen molar-refractivity contribution in [2.45, 2.75) is 6.42 Å². The Hall–Kier alpha value is -2.19. The minimum Gasteiger partial charge on any atom is -0.397 e. The Labute approximate surface area is 123 Å². The summed E-state index contributed by atoms with van der Waals surface area (Å²) < 4.78 is 0. The number of nitrogens with two attached hydrogens (primary N) is 1. The van der Waals surface area contributed by atoms with Gasteiger partial charge in [0.25, 0.3) is 0 Å². The van der Waals surface area contributed by atoms with Gasteiger partial charge in [0.05, 0.1) is 5.69 Å². The number of halogens is 1. The zero-order valence-corrected chi connectivity index (χ0v) is 11.7. The lowest BCUT2D eigenvalue weighted by molar-refractivity contribution is 1.11. The van der Waals surface area contributed by atoms with Gasteiger partial charge in [-0.1, -0.05) is 54.1 Å². The molecule has 0 aliphatic rings. The van der Waals surface area contributed by atoms with Crippen molar-refractivity contribution in [1.82, 2.24) is 4.98 Å². The molecule has 3 rings (SSSR count). The minimum atomic E-state index is 0.734. The van der Waals surface area contributed by atoms with Gasteiger partial charge in [-0.05, 0) is 29.3 Å². The first-order valence-corrected chi connectivity index (χ1v) is 6.87. The van der Waals surface area contributed by atoms with Gasteiger partial charge in [0, 0.05) is 22.8 Å². The smallest absolute Gasteiger partial charge is 0.0534 e. The summed E-state index contributed by atoms with van der Waals surface area (Å²) in [6, 6.07) is 20.0. The van der Waals surface area contributed by atoms with Crippen molar-refractivity contribution in [3.63, 3.8) is 0 Å². The molecule has 0 aliphatic carbocycles. The molecule has 0 atom stereocenters. The lowest BCUT2D eigenvalue weighted by Gasteiger charge is -2.01. The zero-order chi connectivity index (χ0) is 13.9. The van der Waals surface area contributed by atoms with E-state index in [1.54, 1.807) is 0 Å². The second kappa shape index (κ2) is 5.43. The molecule has 1 aromatic heterocycles. The molecule has 0 saturated heterocycles. The predicted molar refractivity (Wildman–Crippen MR) is 84.9 cm³/mol. The van der Waals surface area contributed by atoms with E-state index in [0.29, 0.717) is 0 Å². The Bertz CT molecular complexity index is 700. The van der Waals surface area contributed by atoms with E-state index in [4.69, 9.17) is 17.3 Å². The topological polar surface area (TPSA) is 41.8 Å². The minimum absolute atomic E-state index is 0.734. The Balaban J connectivity index is 1.89. The Morgan fingerprint density at radius 3 is 2.35 bits per heavy atom. The van der Waals surface area contributed by atoms with E-state index in [1.165, 1.54) is 5.56 Å². The molecule has 3 aromatic rings. The van der Waals surface area contributed by atoms with Crippen LogP contribution in [0.4, 0.5) is 5.69 Å². The van der Waals surface area contributed by atoms with Gasteiger partial charge < -0.3 is 10.7 Å². The molecule has 20 heavy (non-hydrogen) atoms. The maximum atomic E-state index is 6.10. The van der Waals surface area contributed by atoms with Crippen LogP contribution in [0.5, 0.6) is 0 Å². The molecule has 0 spiro atoms. The third kappa shape index (κ3) is 2.70. The average molecular weight is 283 g/mol. The molecule has 0 radical (unpaired) electrons. The van der Waals surface area contributed by atoms with Crippen LogP contribution in [0.1, 0.15) is 11.3 Å². The van der Waals surface area contributed by atoms with Crippen molar-refractivity contribution in [3.05, 3.63) is 76.9 Å². The number of nitrogen functional groups attached to an aromatic ring is 1. The Kier molecular flexibility index (Phi) is 3.48. The molecule has 0 bridgehead atoms. The Morgan fingerprint density at radius 2 is 1.65 bits per heavy atom. The number of rotatable bonds is 3. The van der Waals surface area contributed by atoms with Crippen LogP contribution in [0.3, 0.4) is 0 Å². The molecule has 0 amide bonds. The fraction of sp³-hybridized carbons (Fsp3) is 0.0588. The first-order chi connectivity index (χ1) is 9.72. The molecule has 100 valence electrons. The van der Waals surface area contributed by atoms with Crippen LogP contribution in [0.25, 0.3) is 11.3 Å². The Morgan fingerprint density at radius 1 is 0.950 bits per heavy atom. The fourth-order valence-electron chi connectivity index (χ4n) is 2.24. The first kappa shape index (κ1) is 12.8. The van der Waals surface area contributed by atoms with E-state index < -0.39 is 0 Å². The fourth-order valence-corrected chi connectivity index (χ4v) is 2.37. The summed E-state index contributed by atoms with van der Waals surface area (Å²) in [6.07, 6.45) is 0.806. The lowest BCUT2D eigenvalue weighted by atomic mass is 10.1. The highest BCUT2D eigenvalue weighted by Gasteiger charge is 2.07. The van der Waals surface area contributed by atoms with Crippen molar-refractivity contribution < 1.29 is 0 Å². The summed E-state index contributed by atoms with van der Waals surface area (Å²) >= 11 is 5.91. The second-order valence-corrected chi connectivity index (χ2v) is 5.22. The molecule has 1 heterocycles. The molecular weight excluding hydrogens is 268 g/mol. The number of benzene rings is 2. The summed E-state index contributed by atoms with van der Waals surface area (Å²) in [4.78, 5) is 3.40. The zero-order valence-electron chi connectivity index (χ0n) is 10.9.